The lowest BCUT2D eigenvalue weighted by Crippen LogP contribution is -2.16. The molecule has 0 atom stereocenters. The molecule has 0 aliphatic rings. The van der Waals surface area contributed by atoms with Gasteiger partial charge in [-0.3, -0.25) is 9.78 Å². The van der Waals surface area contributed by atoms with Gasteiger partial charge >= 0.3 is 5.97 Å². The predicted molar refractivity (Wildman–Crippen MR) is 75.0 cm³/mol. The van der Waals surface area contributed by atoms with Crippen LogP contribution in [0.5, 0.6) is 0 Å². The maximum absolute atomic E-state index is 13.1. The molecule has 0 aliphatic heterocycles. The number of anilines is 1. The van der Waals surface area contributed by atoms with Crippen LogP contribution in [0.4, 0.5) is 10.1 Å². The first-order chi connectivity index (χ1) is 9.88. The van der Waals surface area contributed by atoms with E-state index >= 15 is 0 Å². The summed E-state index contributed by atoms with van der Waals surface area (Å²) in [5.41, 5.74) is 1.60. The number of rotatable bonds is 3. The van der Waals surface area contributed by atoms with Crippen LogP contribution in [0.2, 0.25) is 0 Å². The normalized spacial score (nSPS) is 10.2. The van der Waals surface area contributed by atoms with Gasteiger partial charge in [0.15, 0.2) is 0 Å². The Morgan fingerprint density at radius 2 is 1.90 bits per heavy atom. The summed E-state index contributed by atoms with van der Waals surface area (Å²) in [7, 11) is 0. The van der Waals surface area contributed by atoms with Crippen molar-refractivity contribution in [3.63, 3.8) is 0 Å². The molecule has 0 radical (unpaired) electrons. The molecule has 6 heteroatoms. The lowest BCUT2D eigenvalue weighted by Gasteiger charge is -2.12. The molecule has 2 N–H and O–H groups in total. The first-order valence-corrected chi connectivity index (χ1v) is 6.15. The zero-order valence-corrected chi connectivity index (χ0v) is 11.5. The SMILES string of the molecule is Cc1cc(C)c(NC(=O)c2cncc(F)c2)c(C(=O)O)c1. The number of aromatic carboxylic acids is 1. The van der Waals surface area contributed by atoms with E-state index in [-0.39, 0.29) is 16.8 Å². The van der Waals surface area contributed by atoms with Gasteiger partial charge in [-0.25, -0.2) is 9.18 Å². The minimum Gasteiger partial charge on any atom is -0.478 e. The number of aromatic nitrogens is 1. The number of aryl methyl sites for hydroxylation is 2. The lowest BCUT2D eigenvalue weighted by molar-refractivity contribution is 0.0698. The highest BCUT2D eigenvalue weighted by Gasteiger charge is 2.17. The zero-order chi connectivity index (χ0) is 15.6. The summed E-state index contributed by atoms with van der Waals surface area (Å²) >= 11 is 0. The van der Waals surface area contributed by atoms with E-state index in [1.54, 1.807) is 19.9 Å². The van der Waals surface area contributed by atoms with Gasteiger partial charge in [-0.05, 0) is 37.1 Å². The number of carbonyl (C=O) groups excluding carboxylic acids is 1. The second-order valence-electron chi connectivity index (χ2n) is 4.66. The van der Waals surface area contributed by atoms with Crippen molar-refractivity contribution in [2.75, 3.05) is 5.32 Å². The van der Waals surface area contributed by atoms with E-state index in [1.165, 1.54) is 12.3 Å². The highest BCUT2D eigenvalue weighted by molar-refractivity contribution is 6.08. The van der Waals surface area contributed by atoms with E-state index in [4.69, 9.17) is 0 Å². The molecule has 1 amide bonds. The summed E-state index contributed by atoms with van der Waals surface area (Å²) in [5.74, 6) is -2.40. The third-order valence-corrected chi connectivity index (χ3v) is 2.92. The van der Waals surface area contributed by atoms with Gasteiger partial charge in [0.05, 0.1) is 23.0 Å². The van der Waals surface area contributed by atoms with Crippen LogP contribution in [-0.4, -0.2) is 22.0 Å². The largest absolute Gasteiger partial charge is 0.478 e. The number of nitrogens with one attached hydrogen (secondary N) is 1. The fourth-order valence-corrected chi connectivity index (χ4v) is 2.02. The monoisotopic (exact) mass is 288 g/mol. The fourth-order valence-electron chi connectivity index (χ4n) is 2.02. The van der Waals surface area contributed by atoms with Crippen LogP contribution >= 0.6 is 0 Å². The Bertz CT molecular complexity index is 729. The molecule has 0 fully saturated rings. The number of hydrogen-bond donors (Lipinski definition) is 2. The predicted octanol–water partition coefficient (Wildman–Crippen LogP) is 2.79. The average Bonchev–Trinajstić information content (AvgIpc) is 2.41. The molecule has 2 aromatic rings. The Morgan fingerprint density at radius 3 is 2.52 bits per heavy atom. The summed E-state index contributed by atoms with van der Waals surface area (Å²) < 4.78 is 13.1. The van der Waals surface area contributed by atoms with Crippen LogP contribution in [0.3, 0.4) is 0 Å². The molecule has 1 aromatic carbocycles. The van der Waals surface area contributed by atoms with E-state index in [9.17, 15) is 19.1 Å². The molecule has 2 rings (SSSR count). The summed E-state index contributed by atoms with van der Waals surface area (Å²) in [6.45, 7) is 3.46. The third kappa shape index (κ3) is 3.22. The van der Waals surface area contributed by atoms with Gasteiger partial charge in [-0.1, -0.05) is 6.07 Å². The molecule has 1 heterocycles. The molecule has 0 bridgehead atoms. The van der Waals surface area contributed by atoms with Crippen LogP contribution in [0.1, 0.15) is 31.8 Å². The second kappa shape index (κ2) is 5.70. The number of halogens is 1. The van der Waals surface area contributed by atoms with Crippen molar-refractivity contribution in [3.8, 4) is 0 Å². The van der Waals surface area contributed by atoms with Gasteiger partial charge in [0.25, 0.3) is 5.91 Å². The van der Waals surface area contributed by atoms with Crippen molar-refractivity contribution in [1.82, 2.24) is 4.98 Å². The molecule has 0 saturated carbocycles. The number of amides is 1. The second-order valence-corrected chi connectivity index (χ2v) is 4.66. The topological polar surface area (TPSA) is 79.3 Å². The molecule has 5 nitrogen and oxygen atoms in total. The number of carboxylic acid groups (broad SMARTS) is 1. The highest BCUT2D eigenvalue weighted by atomic mass is 19.1. The molecule has 1 aromatic heterocycles. The molecule has 21 heavy (non-hydrogen) atoms. The summed E-state index contributed by atoms with van der Waals surface area (Å²) in [6.07, 6.45) is 2.19. The minimum absolute atomic E-state index is 0.00906. The minimum atomic E-state index is -1.14. The maximum Gasteiger partial charge on any atom is 0.337 e. The zero-order valence-electron chi connectivity index (χ0n) is 11.5. The van der Waals surface area contributed by atoms with Crippen molar-refractivity contribution >= 4 is 17.6 Å². The Kier molecular flexibility index (Phi) is 3.98. The van der Waals surface area contributed by atoms with Crippen molar-refractivity contribution in [1.29, 1.82) is 0 Å². The van der Waals surface area contributed by atoms with Gasteiger partial charge in [0, 0.05) is 6.20 Å². The van der Waals surface area contributed by atoms with Crippen molar-refractivity contribution in [2.24, 2.45) is 0 Å². The Balaban J connectivity index is 2.39. The standard InChI is InChI=1S/C15H13FN2O3/c1-8-3-9(2)13(12(4-8)15(20)21)18-14(19)10-5-11(16)7-17-6-10/h3-7H,1-2H3,(H,18,19)(H,20,21). The van der Waals surface area contributed by atoms with Gasteiger partial charge in [-0.2, -0.15) is 0 Å². The Labute approximate surface area is 120 Å². The third-order valence-electron chi connectivity index (χ3n) is 2.92. The molecule has 0 saturated heterocycles. The number of carboxylic acids is 1. The first-order valence-electron chi connectivity index (χ1n) is 6.15. The summed E-state index contributed by atoms with van der Waals surface area (Å²) in [4.78, 5) is 26.9. The van der Waals surface area contributed by atoms with Crippen molar-refractivity contribution in [2.45, 2.75) is 13.8 Å². The number of nitrogens with zero attached hydrogens (tertiary/aromatic N) is 1. The van der Waals surface area contributed by atoms with Crippen LogP contribution in [-0.2, 0) is 0 Å². The Hall–Kier alpha value is -2.76. The van der Waals surface area contributed by atoms with Gasteiger partial charge in [-0.15, -0.1) is 0 Å². The van der Waals surface area contributed by atoms with E-state index in [2.05, 4.69) is 10.3 Å². The van der Waals surface area contributed by atoms with Crippen LogP contribution in [0.15, 0.2) is 30.6 Å². The van der Waals surface area contributed by atoms with Crippen molar-refractivity contribution in [3.05, 3.63) is 58.7 Å². The van der Waals surface area contributed by atoms with E-state index < -0.39 is 17.7 Å². The molecular formula is C15H13FN2O3. The quantitative estimate of drug-likeness (QED) is 0.910. The van der Waals surface area contributed by atoms with E-state index in [0.717, 1.165) is 17.8 Å². The number of benzene rings is 1. The van der Waals surface area contributed by atoms with Gasteiger partial charge in [0.2, 0.25) is 0 Å². The summed E-state index contributed by atoms with van der Waals surface area (Å²) in [6, 6.07) is 4.26. The van der Waals surface area contributed by atoms with Gasteiger partial charge in [0.1, 0.15) is 5.82 Å². The van der Waals surface area contributed by atoms with E-state index in [0.29, 0.717) is 5.56 Å². The Morgan fingerprint density at radius 1 is 1.19 bits per heavy atom. The first kappa shape index (κ1) is 14.6. The van der Waals surface area contributed by atoms with Crippen molar-refractivity contribution < 1.29 is 19.1 Å². The lowest BCUT2D eigenvalue weighted by atomic mass is 10.0. The molecule has 0 unspecified atom stereocenters. The van der Waals surface area contributed by atoms with Gasteiger partial charge < -0.3 is 10.4 Å². The molecular weight excluding hydrogens is 275 g/mol. The molecule has 108 valence electrons. The van der Waals surface area contributed by atoms with Crippen LogP contribution in [0, 0.1) is 19.7 Å². The highest BCUT2D eigenvalue weighted by Crippen LogP contribution is 2.23. The number of pyridine rings is 1. The van der Waals surface area contributed by atoms with E-state index in [1.807, 2.05) is 0 Å². The maximum atomic E-state index is 13.1. The summed E-state index contributed by atoms with van der Waals surface area (Å²) in [5, 5.41) is 11.7. The van der Waals surface area contributed by atoms with Crippen LogP contribution in [0.25, 0.3) is 0 Å². The number of carbonyl (C=O) groups is 2. The average molecular weight is 288 g/mol. The fraction of sp³-hybridized carbons (Fsp3) is 0.133. The van der Waals surface area contributed by atoms with Crippen LogP contribution < -0.4 is 5.32 Å². The smallest absolute Gasteiger partial charge is 0.337 e. The number of hydrogen-bond acceptors (Lipinski definition) is 3. The molecule has 0 spiro atoms. The molecule has 0 aliphatic carbocycles.